The number of hydrogen-bond donors (Lipinski definition) is 1. The van der Waals surface area contributed by atoms with E-state index >= 15 is 0 Å². The van der Waals surface area contributed by atoms with E-state index < -0.39 is 16.1 Å². The Bertz CT molecular complexity index is 897. The monoisotopic (exact) mass is 392 g/mol. The van der Waals surface area contributed by atoms with Crippen molar-refractivity contribution in [1.82, 2.24) is 9.62 Å². The third-order valence-electron chi connectivity index (χ3n) is 4.54. The summed E-state index contributed by atoms with van der Waals surface area (Å²) < 4.78 is 27.1. The highest BCUT2D eigenvalue weighted by Crippen LogP contribution is 2.26. The maximum atomic E-state index is 12.9. The van der Waals surface area contributed by atoms with E-state index in [2.05, 4.69) is 5.32 Å². The summed E-state index contributed by atoms with van der Waals surface area (Å²) in [4.78, 5) is 12.8. The highest BCUT2D eigenvalue weighted by Gasteiger charge is 2.39. The van der Waals surface area contributed by atoms with Gasteiger partial charge in [-0.1, -0.05) is 47.5 Å². The molecule has 138 valence electrons. The van der Waals surface area contributed by atoms with E-state index in [0.717, 1.165) is 11.1 Å². The van der Waals surface area contributed by atoms with Crippen molar-refractivity contribution in [3.63, 3.8) is 0 Å². The number of amides is 1. The Morgan fingerprint density at radius 1 is 1.19 bits per heavy atom. The van der Waals surface area contributed by atoms with E-state index in [4.69, 9.17) is 11.6 Å². The Kier molecular flexibility index (Phi) is 5.65. The minimum atomic E-state index is -3.69. The molecule has 1 fully saturated rings. The maximum Gasteiger partial charge on any atom is 0.243 e. The largest absolute Gasteiger partial charge is 0.351 e. The van der Waals surface area contributed by atoms with Crippen molar-refractivity contribution in [2.75, 3.05) is 6.54 Å². The Morgan fingerprint density at radius 2 is 1.88 bits per heavy atom. The molecule has 5 nitrogen and oxygen atoms in total. The highest BCUT2D eigenvalue weighted by atomic mass is 35.5. The van der Waals surface area contributed by atoms with Crippen LogP contribution in [0.3, 0.4) is 0 Å². The molecule has 1 saturated heterocycles. The SMILES string of the molecule is Cc1ccc(S(=O)(=O)N2CCC[C@H]2C(=O)NCc2ccccc2Cl)cc1. The van der Waals surface area contributed by atoms with Gasteiger partial charge in [-0.15, -0.1) is 0 Å². The maximum absolute atomic E-state index is 12.9. The number of sulfonamides is 1. The zero-order valence-corrected chi connectivity index (χ0v) is 16.1. The third kappa shape index (κ3) is 3.92. The van der Waals surface area contributed by atoms with E-state index in [1.807, 2.05) is 25.1 Å². The second-order valence-corrected chi connectivity index (χ2v) is 8.69. The van der Waals surface area contributed by atoms with Gasteiger partial charge >= 0.3 is 0 Å². The summed E-state index contributed by atoms with van der Waals surface area (Å²) in [6.45, 7) is 2.52. The number of benzene rings is 2. The number of nitrogens with one attached hydrogen (secondary N) is 1. The number of halogens is 1. The van der Waals surface area contributed by atoms with E-state index in [0.29, 0.717) is 24.4 Å². The first-order valence-corrected chi connectivity index (χ1v) is 10.3. The molecular formula is C19H21ClN2O3S. The van der Waals surface area contributed by atoms with Crippen LogP contribution in [0.4, 0.5) is 0 Å². The predicted octanol–water partition coefficient (Wildman–Crippen LogP) is 3.12. The van der Waals surface area contributed by atoms with E-state index in [-0.39, 0.29) is 17.3 Å². The lowest BCUT2D eigenvalue weighted by Crippen LogP contribution is -2.45. The first-order chi connectivity index (χ1) is 12.4. The lowest BCUT2D eigenvalue weighted by Gasteiger charge is -2.23. The third-order valence-corrected chi connectivity index (χ3v) is 6.84. The first kappa shape index (κ1) is 18.9. The second kappa shape index (κ2) is 7.78. The molecule has 0 unspecified atom stereocenters. The molecule has 1 amide bonds. The first-order valence-electron chi connectivity index (χ1n) is 8.49. The Hall–Kier alpha value is -1.89. The van der Waals surface area contributed by atoms with Crippen molar-refractivity contribution >= 4 is 27.5 Å². The zero-order chi connectivity index (χ0) is 18.7. The fraction of sp³-hybridized carbons (Fsp3) is 0.316. The van der Waals surface area contributed by atoms with Crippen molar-refractivity contribution in [3.8, 4) is 0 Å². The molecule has 3 rings (SSSR count). The van der Waals surface area contributed by atoms with Crippen LogP contribution in [0.25, 0.3) is 0 Å². The van der Waals surface area contributed by atoms with Gasteiger partial charge in [-0.3, -0.25) is 4.79 Å². The molecule has 0 bridgehead atoms. The van der Waals surface area contributed by atoms with Crippen molar-refractivity contribution in [3.05, 3.63) is 64.7 Å². The number of aryl methyl sites for hydroxylation is 1. The van der Waals surface area contributed by atoms with Gasteiger partial charge < -0.3 is 5.32 Å². The van der Waals surface area contributed by atoms with Crippen LogP contribution in [0.2, 0.25) is 5.02 Å². The number of nitrogens with zero attached hydrogens (tertiary/aromatic N) is 1. The van der Waals surface area contributed by atoms with Crippen molar-refractivity contribution in [2.24, 2.45) is 0 Å². The van der Waals surface area contributed by atoms with Crippen LogP contribution >= 0.6 is 11.6 Å². The fourth-order valence-corrected chi connectivity index (χ4v) is 4.94. The van der Waals surface area contributed by atoms with Crippen LogP contribution < -0.4 is 5.32 Å². The van der Waals surface area contributed by atoms with E-state index in [1.165, 1.54) is 4.31 Å². The van der Waals surface area contributed by atoms with Crippen LogP contribution in [-0.2, 0) is 21.4 Å². The average Bonchev–Trinajstić information content (AvgIpc) is 3.12. The van der Waals surface area contributed by atoms with Crippen LogP contribution in [-0.4, -0.2) is 31.2 Å². The summed E-state index contributed by atoms with van der Waals surface area (Å²) >= 11 is 6.10. The van der Waals surface area contributed by atoms with Crippen LogP contribution in [0, 0.1) is 6.92 Å². The van der Waals surface area contributed by atoms with Gasteiger partial charge in [-0.25, -0.2) is 8.42 Å². The smallest absolute Gasteiger partial charge is 0.243 e. The summed E-state index contributed by atoms with van der Waals surface area (Å²) in [5.41, 5.74) is 1.79. The number of carbonyl (C=O) groups excluding carboxylic acids is 1. The van der Waals surface area contributed by atoms with Gasteiger partial charge in [0.05, 0.1) is 4.90 Å². The molecular weight excluding hydrogens is 372 g/mol. The normalized spacial score (nSPS) is 18.0. The molecule has 0 aliphatic carbocycles. The molecule has 1 N–H and O–H groups in total. The molecule has 0 spiro atoms. The lowest BCUT2D eigenvalue weighted by molar-refractivity contribution is -0.124. The molecule has 1 aliphatic heterocycles. The lowest BCUT2D eigenvalue weighted by atomic mass is 10.2. The second-order valence-electron chi connectivity index (χ2n) is 6.40. The Balaban J connectivity index is 1.74. The van der Waals surface area contributed by atoms with Gasteiger partial charge in [-0.05, 0) is 43.5 Å². The standard InChI is InChI=1S/C19H21ClN2O3S/c1-14-8-10-16(11-9-14)26(24,25)22-12-4-7-18(22)19(23)21-13-15-5-2-3-6-17(15)20/h2-3,5-6,8-11,18H,4,7,12-13H2,1H3,(H,21,23)/t18-/m0/s1. The van der Waals surface area contributed by atoms with Crippen LogP contribution in [0.15, 0.2) is 53.4 Å². The number of hydrogen-bond acceptors (Lipinski definition) is 3. The Morgan fingerprint density at radius 3 is 2.58 bits per heavy atom. The van der Waals surface area contributed by atoms with E-state index in [9.17, 15) is 13.2 Å². The van der Waals surface area contributed by atoms with Crippen molar-refractivity contribution in [2.45, 2.75) is 37.2 Å². The van der Waals surface area contributed by atoms with E-state index in [1.54, 1.807) is 30.3 Å². The number of rotatable bonds is 5. The molecule has 0 saturated carbocycles. The molecule has 1 heterocycles. The summed E-state index contributed by atoms with van der Waals surface area (Å²) in [7, 11) is -3.69. The van der Waals surface area contributed by atoms with Gasteiger partial charge in [0.2, 0.25) is 15.9 Å². The molecule has 1 atom stereocenters. The summed E-state index contributed by atoms with van der Waals surface area (Å²) in [6.07, 6.45) is 1.18. The summed E-state index contributed by atoms with van der Waals surface area (Å²) in [5.74, 6) is -0.293. The molecule has 7 heteroatoms. The van der Waals surface area contributed by atoms with Gasteiger partial charge in [0, 0.05) is 18.1 Å². The molecule has 2 aromatic carbocycles. The summed E-state index contributed by atoms with van der Waals surface area (Å²) in [5, 5.41) is 3.39. The van der Waals surface area contributed by atoms with Crippen molar-refractivity contribution in [1.29, 1.82) is 0 Å². The van der Waals surface area contributed by atoms with Crippen molar-refractivity contribution < 1.29 is 13.2 Å². The summed E-state index contributed by atoms with van der Waals surface area (Å²) in [6, 6.07) is 13.3. The highest BCUT2D eigenvalue weighted by molar-refractivity contribution is 7.89. The topological polar surface area (TPSA) is 66.5 Å². The minimum absolute atomic E-state index is 0.217. The molecule has 26 heavy (non-hydrogen) atoms. The van der Waals surface area contributed by atoms with Gasteiger partial charge in [0.25, 0.3) is 0 Å². The number of carbonyl (C=O) groups is 1. The van der Waals surface area contributed by atoms with Gasteiger partial charge in [0.1, 0.15) is 6.04 Å². The fourth-order valence-electron chi connectivity index (χ4n) is 3.08. The van der Waals surface area contributed by atoms with Crippen LogP contribution in [0.5, 0.6) is 0 Å². The zero-order valence-electron chi connectivity index (χ0n) is 14.5. The van der Waals surface area contributed by atoms with Gasteiger partial charge in [-0.2, -0.15) is 4.31 Å². The molecule has 1 aliphatic rings. The Labute approximate surface area is 159 Å². The van der Waals surface area contributed by atoms with Crippen LogP contribution in [0.1, 0.15) is 24.0 Å². The van der Waals surface area contributed by atoms with Gasteiger partial charge in [0.15, 0.2) is 0 Å². The molecule has 0 aromatic heterocycles. The predicted molar refractivity (Wildman–Crippen MR) is 101 cm³/mol. The minimum Gasteiger partial charge on any atom is -0.351 e. The molecule has 2 aromatic rings. The average molecular weight is 393 g/mol. The molecule has 0 radical (unpaired) electrons. The quantitative estimate of drug-likeness (QED) is 0.850.